The molecule has 0 aromatic carbocycles. The van der Waals surface area contributed by atoms with E-state index in [-0.39, 0.29) is 37.9 Å². The molecular weight excluding hydrogens is 434 g/mol. The summed E-state index contributed by atoms with van der Waals surface area (Å²) >= 11 is 4.55. The predicted molar refractivity (Wildman–Crippen MR) is 81.9 cm³/mol. The molecule has 1 aliphatic rings. The summed E-state index contributed by atoms with van der Waals surface area (Å²) in [5.74, 6) is 0.290. The van der Waals surface area contributed by atoms with Crippen LogP contribution in [0.3, 0.4) is 0 Å². The van der Waals surface area contributed by atoms with E-state index in [1.54, 1.807) is 0 Å². The molecule has 0 bridgehead atoms. The zero-order valence-corrected chi connectivity index (χ0v) is 13.8. The van der Waals surface area contributed by atoms with E-state index in [1.165, 1.54) is 0 Å². The average Bonchev–Trinajstić information content (AvgIpc) is 2.51. The monoisotopic (exact) mass is 452 g/mol. The summed E-state index contributed by atoms with van der Waals surface area (Å²) in [6.45, 7) is 4.28. The van der Waals surface area contributed by atoms with Gasteiger partial charge >= 0.3 is 0 Å². The topological polar surface area (TPSA) is 75.7 Å². The second-order valence-electron chi connectivity index (χ2n) is 4.79. The molecule has 0 heterocycles. The molecule has 1 saturated carbocycles. The minimum atomic E-state index is -0.186. The summed E-state index contributed by atoms with van der Waals surface area (Å²) < 4.78 is 0.245. The van der Waals surface area contributed by atoms with Crippen molar-refractivity contribution >= 4 is 45.2 Å². The summed E-state index contributed by atoms with van der Waals surface area (Å²) in [5, 5.41) is 12.7. The molecule has 6 unspecified atom stereocenters. The molecule has 16 heavy (non-hydrogen) atoms. The van der Waals surface area contributed by atoms with Crippen LogP contribution in [-0.2, 0) is 0 Å². The molecule has 0 radical (unpaired) electrons. The fourth-order valence-electron chi connectivity index (χ4n) is 2.76. The molecule has 94 valence electrons. The Kier molecular flexibility index (Phi) is 5.40. The normalized spacial score (nSPS) is 43.0. The van der Waals surface area contributed by atoms with Crippen LogP contribution in [0.15, 0.2) is 5.18 Å². The van der Waals surface area contributed by atoms with Crippen molar-refractivity contribution in [2.75, 3.05) is 6.61 Å². The van der Waals surface area contributed by atoms with Crippen molar-refractivity contribution in [2.24, 2.45) is 28.2 Å². The van der Waals surface area contributed by atoms with Crippen LogP contribution in [0.2, 0.25) is 0 Å². The number of halogens is 2. The van der Waals surface area contributed by atoms with E-state index in [0.717, 1.165) is 0 Å². The lowest BCUT2D eigenvalue weighted by Crippen LogP contribution is -2.45. The summed E-state index contributed by atoms with van der Waals surface area (Å²) in [6.07, 6.45) is 0.681. The van der Waals surface area contributed by atoms with Crippen molar-refractivity contribution in [3.05, 3.63) is 4.91 Å². The van der Waals surface area contributed by atoms with Crippen LogP contribution in [-0.4, -0.2) is 25.7 Å². The highest BCUT2D eigenvalue weighted by atomic mass is 127. The molecule has 0 aromatic heterocycles. The Balaban J connectivity index is 3.01. The fourth-order valence-corrected chi connectivity index (χ4v) is 4.61. The van der Waals surface area contributed by atoms with Crippen molar-refractivity contribution in [1.29, 1.82) is 0 Å². The number of rotatable bonds is 4. The smallest absolute Gasteiger partial charge is 0.0954 e. The first-order chi connectivity index (χ1) is 7.39. The van der Waals surface area contributed by atoms with Crippen LogP contribution >= 0.6 is 45.2 Å². The van der Waals surface area contributed by atoms with Gasteiger partial charge in [0.15, 0.2) is 0 Å². The molecule has 3 N–H and O–H groups in total. The van der Waals surface area contributed by atoms with Crippen molar-refractivity contribution in [2.45, 2.75) is 34.3 Å². The largest absolute Gasteiger partial charge is 0.396 e. The zero-order valence-electron chi connectivity index (χ0n) is 9.44. The van der Waals surface area contributed by atoms with Gasteiger partial charge in [0.05, 0.1) is 10.1 Å². The van der Waals surface area contributed by atoms with Gasteiger partial charge in [-0.15, -0.1) is 0 Å². The van der Waals surface area contributed by atoms with E-state index >= 15 is 0 Å². The van der Waals surface area contributed by atoms with Crippen molar-refractivity contribution in [3.63, 3.8) is 0 Å². The molecule has 1 rings (SSSR count). The van der Waals surface area contributed by atoms with Gasteiger partial charge in [-0.2, -0.15) is 4.91 Å². The third kappa shape index (κ3) is 2.39. The van der Waals surface area contributed by atoms with E-state index in [2.05, 4.69) is 57.3 Å². The number of nitrogens with two attached hydrogens (primary N) is 1. The van der Waals surface area contributed by atoms with E-state index < -0.39 is 0 Å². The molecule has 0 aliphatic heterocycles. The number of nitroso groups, excluding NO2 is 1. The molecule has 6 atom stereocenters. The lowest BCUT2D eigenvalue weighted by molar-refractivity contribution is 0.103. The highest BCUT2D eigenvalue weighted by Gasteiger charge is 2.54. The van der Waals surface area contributed by atoms with Gasteiger partial charge in [0.1, 0.15) is 0 Å². The average molecular weight is 452 g/mol. The van der Waals surface area contributed by atoms with Crippen molar-refractivity contribution in [1.82, 2.24) is 0 Å². The van der Waals surface area contributed by atoms with Crippen LogP contribution in [0, 0.1) is 22.2 Å². The van der Waals surface area contributed by atoms with Gasteiger partial charge in [-0.05, 0) is 23.7 Å². The van der Waals surface area contributed by atoms with Gasteiger partial charge in [-0.25, -0.2) is 0 Å². The predicted octanol–water partition coefficient (Wildman–Crippen LogP) is 2.30. The molecular formula is C10H18I2N2O2. The van der Waals surface area contributed by atoms with Crippen molar-refractivity contribution < 1.29 is 5.11 Å². The first-order valence-corrected chi connectivity index (χ1v) is 7.85. The molecule has 0 spiro atoms. The second kappa shape index (κ2) is 5.75. The molecule has 1 fully saturated rings. The molecule has 4 nitrogen and oxygen atoms in total. The molecule has 6 heteroatoms. The van der Waals surface area contributed by atoms with E-state index in [4.69, 9.17) is 5.73 Å². The van der Waals surface area contributed by atoms with Crippen LogP contribution < -0.4 is 5.73 Å². The Hall–Kier alpha value is 0.980. The fraction of sp³-hybridized carbons (Fsp3) is 1.00. The van der Waals surface area contributed by atoms with Crippen molar-refractivity contribution in [3.8, 4) is 0 Å². The summed E-state index contributed by atoms with van der Waals surface area (Å²) in [7, 11) is 0. The molecule has 0 saturated heterocycles. The van der Waals surface area contributed by atoms with E-state index in [1.807, 2.05) is 6.92 Å². The maximum Gasteiger partial charge on any atom is 0.0954 e. The Morgan fingerprint density at radius 1 is 1.62 bits per heavy atom. The van der Waals surface area contributed by atoms with E-state index in [0.29, 0.717) is 6.42 Å². The number of hydrogen-bond acceptors (Lipinski definition) is 4. The van der Waals surface area contributed by atoms with Gasteiger partial charge in [0, 0.05) is 10.5 Å². The number of aliphatic hydroxyl groups is 1. The maximum atomic E-state index is 10.8. The molecule has 1 aliphatic carbocycles. The van der Waals surface area contributed by atoms with Gasteiger partial charge < -0.3 is 10.8 Å². The Labute approximate surface area is 123 Å². The summed E-state index contributed by atoms with van der Waals surface area (Å²) in [4.78, 5) is 10.8. The van der Waals surface area contributed by atoms with Gasteiger partial charge in [-0.1, -0.05) is 64.2 Å². The zero-order chi connectivity index (χ0) is 12.5. The maximum absolute atomic E-state index is 10.8. The SMILES string of the molecule is CC1C(N=O)CC(CO)C1(C)C(I)C(N)I. The Morgan fingerprint density at radius 3 is 2.56 bits per heavy atom. The number of alkyl halides is 2. The Bertz CT molecular complexity index is 265. The first kappa shape index (κ1) is 15.0. The highest BCUT2D eigenvalue weighted by Crippen LogP contribution is 2.54. The minimum Gasteiger partial charge on any atom is -0.396 e. The summed E-state index contributed by atoms with van der Waals surface area (Å²) in [6, 6.07) is -0.186. The number of nitrogens with zero attached hydrogens (tertiary/aromatic N) is 1. The first-order valence-electron chi connectivity index (χ1n) is 5.36. The number of hydrogen-bond donors (Lipinski definition) is 2. The van der Waals surface area contributed by atoms with Gasteiger partial charge in [0.25, 0.3) is 0 Å². The minimum absolute atomic E-state index is 0.0186. The van der Waals surface area contributed by atoms with Gasteiger partial charge in [0.2, 0.25) is 0 Å². The second-order valence-corrected chi connectivity index (χ2v) is 7.57. The third-order valence-electron chi connectivity index (χ3n) is 4.19. The quantitative estimate of drug-likeness (QED) is 0.298. The highest BCUT2D eigenvalue weighted by molar-refractivity contribution is 14.1. The number of aliphatic hydroxyl groups excluding tert-OH is 1. The molecule has 0 amide bonds. The lowest BCUT2D eigenvalue weighted by Gasteiger charge is -2.40. The van der Waals surface area contributed by atoms with E-state index in [9.17, 15) is 10.0 Å². The van der Waals surface area contributed by atoms with Gasteiger partial charge in [-0.3, -0.25) is 0 Å². The van der Waals surface area contributed by atoms with Crippen LogP contribution in [0.25, 0.3) is 0 Å². The summed E-state index contributed by atoms with van der Waals surface area (Å²) in [5.41, 5.74) is 5.84. The van der Waals surface area contributed by atoms with Crippen LogP contribution in [0.5, 0.6) is 0 Å². The van der Waals surface area contributed by atoms with Crippen LogP contribution in [0.4, 0.5) is 0 Å². The standard InChI is InChI=1S/C10H18I2N2O2/c1-5-7(14-16)3-6(4-15)10(5,2)8(11)9(12)13/h5-9,15H,3-4,13H2,1-2H3. The lowest BCUT2D eigenvalue weighted by atomic mass is 9.71. The third-order valence-corrected chi connectivity index (χ3v) is 8.41. The Morgan fingerprint density at radius 2 is 2.19 bits per heavy atom. The van der Waals surface area contributed by atoms with Crippen LogP contribution in [0.1, 0.15) is 20.3 Å². The molecule has 0 aromatic rings.